The number of hydrogen-bond donors (Lipinski definition) is 0. The van der Waals surface area contributed by atoms with E-state index in [1.165, 1.54) is 32.1 Å². The summed E-state index contributed by atoms with van der Waals surface area (Å²) < 4.78 is 16.7. The van der Waals surface area contributed by atoms with Crippen molar-refractivity contribution in [2.75, 3.05) is 0 Å². The van der Waals surface area contributed by atoms with Gasteiger partial charge in [0.05, 0.1) is 11.1 Å². The maximum atomic E-state index is 12.7. The van der Waals surface area contributed by atoms with Gasteiger partial charge in [-0.3, -0.25) is 4.79 Å². The second-order valence-corrected chi connectivity index (χ2v) is 11.3. The number of rotatable bonds is 19. The van der Waals surface area contributed by atoms with Crippen LogP contribution in [0, 0.1) is 0 Å². The van der Waals surface area contributed by atoms with E-state index in [1.807, 2.05) is 31.2 Å². The molecule has 1 atom stereocenters. The lowest BCUT2D eigenvalue weighted by Crippen LogP contribution is -2.17. The first-order valence-corrected chi connectivity index (χ1v) is 16.4. The molecule has 6 heteroatoms. The fourth-order valence-corrected chi connectivity index (χ4v) is 4.94. The molecule has 0 fully saturated rings. The van der Waals surface area contributed by atoms with Crippen LogP contribution >= 0.6 is 0 Å². The molecule has 0 spiro atoms. The van der Waals surface area contributed by atoms with Crippen molar-refractivity contribution >= 4 is 17.9 Å². The van der Waals surface area contributed by atoms with Crippen LogP contribution < -0.4 is 9.47 Å². The van der Waals surface area contributed by atoms with Crippen LogP contribution in [0.15, 0.2) is 72.8 Å². The van der Waals surface area contributed by atoms with Gasteiger partial charge >= 0.3 is 17.9 Å². The number of ether oxygens (including phenoxy) is 3. The molecule has 0 N–H and O–H groups in total. The van der Waals surface area contributed by atoms with Crippen LogP contribution in [-0.2, 0) is 9.53 Å². The molecule has 0 aliphatic carbocycles. The van der Waals surface area contributed by atoms with Gasteiger partial charge in [0.15, 0.2) is 0 Å². The monoisotopic (exact) mass is 600 g/mol. The number of carbonyl (C=O) groups excluding carboxylic acids is 3. The maximum absolute atomic E-state index is 12.7. The van der Waals surface area contributed by atoms with Crippen LogP contribution in [-0.4, -0.2) is 24.0 Å². The zero-order chi connectivity index (χ0) is 31.6. The predicted molar refractivity (Wildman–Crippen MR) is 175 cm³/mol. The van der Waals surface area contributed by atoms with Gasteiger partial charge in [-0.1, -0.05) is 96.4 Å². The topological polar surface area (TPSA) is 78.9 Å². The molecule has 0 aliphatic heterocycles. The summed E-state index contributed by atoms with van der Waals surface area (Å²) in [5, 5.41) is 0. The third-order valence-corrected chi connectivity index (χ3v) is 7.68. The Balaban J connectivity index is 1.46. The summed E-state index contributed by atoms with van der Waals surface area (Å²) in [5.74, 6) is -0.178. The Hall–Kier alpha value is -3.93. The van der Waals surface area contributed by atoms with Crippen molar-refractivity contribution in [3.05, 3.63) is 83.9 Å². The Morgan fingerprint density at radius 3 is 1.64 bits per heavy atom. The van der Waals surface area contributed by atoms with E-state index < -0.39 is 5.97 Å². The van der Waals surface area contributed by atoms with Gasteiger partial charge in [-0.15, -0.1) is 0 Å². The highest BCUT2D eigenvalue weighted by molar-refractivity contribution is 5.92. The van der Waals surface area contributed by atoms with Gasteiger partial charge in [0, 0.05) is 6.42 Å². The van der Waals surface area contributed by atoms with E-state index in [1.54, 1.807) is 48.5 Å². The van der Waals surface area contributed by atoms with Crippen LogP contribution in [0.3, 0.4) is 0 Å². The van der Waals surface area contributed by atoms with Gasteiger partial charge < -0.3 is 14.2 Å². The molecule has 0 amide bonds. The molecule has 3 aromatic rings. The Kier molecular flexibility index (Phi) is 15.2. The maximum Gasteiger partial charge on any atom is 0.343 e. The Morgan fingerprint density at radius 2 is 1.02 bits per heavy atom. The van der Waals surface area contributed by atoms with E-state index in [2.05, 4.69) is 13.8 Å². The average Bonchev–Trinajstić information content (AvgIpc) is 3.04. The van der Waals surface area contributed by atoms with Crippen LogP contribution in [0.2, 0.25) is 0 Å². The van der Waals surface area contributed by atoms with Crippen LogP contribution in [0.4, 0.5) is 0 Å². The molecule has 0 aromatic heterocycles. The summed E-state index contributed by atoms with van der Waals surface area (Å²) in [4.78, 5) is 37.5. The van der Waals surface area contributed by atoms with E-state index in [4.69, 9.17) is 14.2 Å². The standard InChI is InChI=1S/C38H48O6/c1-4-7-9-11-12-14-16-36(39)42-34-25-21-30(22-26-34)29-17-19-31(20-18-29)38(41)44-35-27-23-32(24-28-35)37(40)43-33(6-3)15-13-10-8-5-2/h17-28,33H,4-16H2,1-3H3/t33-/m0/s1. The Labute approximate surface area is 263 Å². The second kappa shape index (κ2) is 19.4. The lowest BCUT2D eigenvalue weighted by Gasteiger charge is -2.16. The summed E-state index contributed by atoms with van der Waals surface area (Å²) in [5.41, 5.74) is 2.70. The fourth-order valence-electron chi connectivity index (χ4n) is 4.94. The van der Waals surface area contributed by atoms with Crippen molar-refractivity contribution in [2.45, 2.75) is 110 Å². The minimum absolute atomic E-state index is 0.0879. The number of esters is 3. The van der Waals surface area contributed by atoms with Crippen molar-refractivity contribution in [1.29, 1.82) is 0 Å². The molecule has 0 radical (unpaired) electrons. The third kappa shape index (κ3) is 12.0. The Bertz CT molecular complexity index is 1280. The summed E-state index contributed by atoms with van der Waals surface area (Å²) in [6, 6.07) is 20.9. The minimum atomic E-state index is -0.488. The third-order valence-electron chi connectivity index (χ3n) is 7.68. The quantitative estimate of drug-likeness (QED) is 0.0774. The van der Waals surface area contributed by atoms with Gasteiger partial charge in [0.2, 0.25) is 0 Å². The number of benzene rings is 3. The first kappa shape index (κ1) is 34.6. The first-order chi connectivity index (χ1) is 21.4. The van der Waals surface area contributed by atoms with Crippen LogP contribution in [0.25, 0.3) is 11.1 Å². The first-order valence-electron chi connectivity index (χ1n) is 16.4. The highest BCUT2D eigenvalue weighted by atomic mass is 16.5. The summed E-state index contributed by atoms with van der Waals surface area (Å²) in [7, 11) is 0. The molecule has 0 aliphatic rings. The molecule has 44 heavy (non-hydrogen) atoms. The van der Waals surface area contributed by atoms with Gasteiger partial charge in [-0.2, -0.15) is 0 Å². The second-order valence-electron chi connectivity index (χ2n) is 11.3. The minimum Gasteiger partial charge on any atom is -0.459 e. The van der Waals surface area contributed by atoms with E-state index in [9.17, 15) is 14.4 Å². The molecule has 0 bridgehead atoms. The van der Waals surface area contributed by atoms with Crippen molar-refractivity contribution in [3.8, 4) is 22.6 Å². The molecule has 3 rings (SSSR count). The summed E-state index contributed by atoms with van der Waals surface area (Å²) in [6.45, 7) is 6.39. The van der Waals surface area contributed by atoms with E-state index >= 15 is 0 Å². The van der Waals surface area contributed by atoms with Crippen molar-refractivity contribution in [2.24, 2.45) is 0 Å². The van der Waals surface area contributed by atoms with Crippen molar-refractivity contribution in [1.82, 2.24) is 0 Å². The highest BCUT2D eigenvalue weighted by Gasteiger charge is 2.15. The predicted octanol–water partition coefficient (Wildman–Crippen LogP) is 10.1. The van der Waals surface area contributed by atoms with E-state index in [-0.39, 0.29) is 18.0 Å². The molecule has 0 heterocycles. The SMILES string of the molecule is CCCCCCCCC(=O)Oc1ccc(-c2ccc(C(=O)Oc3ccc(C(=O)O[C@@H](CC)CCCCCC)cc3)cc2)cc1. The lowest BCUT2D eigenvalue weighted by molar-refractivity contribution is -0.134. The van der Waals surface area contributed by atoms with Gasteiger partial charge in [0.1, 0.15) is 17.6 Å². The normalized spacial score (nSPS) is 11.5. The average molecular weight is 601 g/mol. The smallest absolute Gasteiger partial charge is 0.343 e. The largest absolute Gasteiger partial charge is 0.459 e. The van der Waals surface area contributed by atoms with E-state index in [0.717, 1.165) is 56.1 Å². The van der Waals surface area contributed by atoms with Crippen molar-refractivity contribution in [3.63, 3.8) is 0 Å². The number of carbonyl (C=O) groups is 3. The van der Waals surface area contributed by atoms with E-state index in [0.29, 0.717) is 29.0 Å². The zero-order valence-corrected chi connectivity index (χ0v) is 26.6. The van der Waals surface area contributed by atoms with Crippen molar-refractivity contribution < 1.29 is 28.6 Å². The fraction of sp³-hybridized carbons (Fsp3) is 0.447. The van der Waals surface area contributed by atoms with Gasteiger partial charge in [-0.25, -0.2) is 9.59 Å². The molecular formula is C38H48O6. The molecule has 6 nitrogen and oxygen atoms in total. The summed E-state index contributed by atoms with van der Waals surface area (Å²) >= 11 is 0. The van der Waals surface area contributed by atoms with Crippen LogP contribution in [0.1, 0.15) is 125 Å². The molecule has 0 unspecified atom stereocenters. The highest BCUT2D eigenvalue weighted by Crippen LogP contribution is 2.24. The van der Waals surface area contributed by atoms with Gasteiger partial charge in [0.25, 0.3) is 0 Å². The number of unbranched alkanes of at least 4 members (excludes halogenated alkanes) is 8. The summed E-state index contributed by atoms with van der Waals surface area (Å²) in [6.07, 6.45) is 13.3. The molecule has 236 valence electrons. The van der Waals surface area contributed by atoms with Crippen LogP contribution in [0.5, 0.6) is 11.5 Å². The Morgan fingerprint density at radius 1 is 0.545 bits per heavy atom. The molecule has 3 aromatic carbocycles. The molecule has 0 saturated carbocycles. The lowest BCUT2D eigenvalue weighted by atomic mass is 10.0. The zero-order valence-electron chi connectivity index (χ0n) is 26.6. The molecule has 0 saturated heterocycles. The van der Waals surface area contributed by atoms with Gasteiger partial charge in [-0.05, 0) is 85.3 Å². The number of hydrogen-bond acceptors (Lipinski definition) is 6. The molecular weight excluding hydrogens is 552 g/mol.